The third-order valence-electron chi connectivity index (χ3n) is 1.24. The molecule has 0 aliphatic carbocycles. The maximum absolute atomic E-state index is 10.6. The molecule has 0 unspecified atom stereocenters. The molecule has 7 heteroatoms. The van der Waals surface area contributed by atoms with Crippen molar-refractivity contribution in [3.63, 3.8) is 0 Å². The molecule has 0 aromatic carbocycles. The fraction of sp³-hybridized carbons (Fsp3) is 0.400. The number of thioether (sulfide) groups is 1. The Morgan fingerprint density at radius 3 is 2.83 bits per heavy atom. The van der Waals surface area contributed by atoms with Gasteiger partial charge in [-0.1, -0.05) is 11.8 Å². The molecule has 12 heavy (non-hydrogen) atoms. The van der Waals surface area contributed by atoms with Crippen molar-refractivity contribution in [1.29, 1.82) is 0 Å². The fourth-order valence-electron chi connectivity index (χ4n) is 0.755. The number of hydrogen-bond donors (Lipinski definition) is 2. The summed E-state index contributed by atoms with van der Waals surface area (Å²) in [6, 6.07) is 0. The molecule has 66 valence electrons. The summed E-state index contributed by atoms with van der Waals surface area (Å²) >= 11 is 1.36. The van der Waals surface area contributed by atoms with Gasteiger partial charge in [-0.3, -0.25) is 9.36 Å². The van der Waals surface area contributed by atoms with Crippen molar-refractivity contribution in [3.05, 3.63) is 0 Å². The molecule has 1 rings (SSSR count). The number of carbonyl (C=O) groups excluding carboxylic acids is 1. The lowest BCUT2D eigenvalue weighted by Crippen LogP contribution is -2.20. The Morgan fingerprint density at radius 2 is 2.33 bits per heavy atom. The van der Waals surface area contributed by atoms with Gasteiger partial charge in [-0.25, -0.2) is 0 Å². The summed E-state index contributed by atoms with van der Waals surface area (Å²) < 4.78 is 1.47. The molecular formula is C5H9N5OS. The van der Waals surface area contributed by atoms with Gasteiger partial charge in [0, 0.05) is 0 Å². The van der Waals surface area contributed by atoms with Crippen LogP contribution in [0.25, 0.3) is 0 Å². The predicted octanol–water partition coefficient (Wildman–Crippen LogP) is -0.932. The van der Waals surface area contributed by atoms with E-state index in [-0.39, 0.29) is 12.5 Å². The Bertz CT molecular complexity index is 296. The van der Waals surface area contributed by atoms with E-state index in [0.717, 1.165) is 0 Å². The van der Waals surface area contributed by atoms with Crippen LogP contribution in [-0.2, 0) is 11.3 Å². The lowest BCUT2D eigenvalue weighted by molar-refractivity contribution is -0.118. The second-order valence-corrected chi connectivity index (χ2v) is 2.87. The van der Waals surface area contributed by atoms with Crippen LogP contribution >= 0.6 is 11.8 Å². The molecule has 0 bridgehead atoms. The van der Waals surface area contributed by atoms with Crippen molar-refractivity contribution in [2.45, 2.75) is 11.7 Å². The number of anilines is 1. The number of nitrogen functional groups attached to an aromatic ring is 1. The molecule has 1 aromatic rings. The minimum atomic E-state index is -0.461. The van der Waals surface area contributed by atoms with E-state index in [1.54, 1.807) is 0 Å². The zero-order chi connectivity index (χ0) is 9.14. The van der Waals surface area contributed by atoms with Crippen molar-refractivity contribution in [2.24, 2.45) is 5.73 Å². The first-order valence-corrected chi connectivity index (χ1v) is 4.38. The molecule has 1 heterocycles. The normalized spacial score (nSPS) is 10.1. The predicted molar refractivity (Wildman–Crippen MR) is 45.4 cm³/mol. The van der Waals surface area contributed by atoms with Crippen molar-refractivity contribution in [1.82, 2.24) is 14.8 Å². The summed E-state index contributed by atoms with van der Waals surface area (Å²) in [7, 11) is 0. The molecule has 4 N–H and O–H groups in total. The maximum atomic E-state index is 10.6. The van der Waals surface area contributed by atoms with Gasteiger partial charge in [0.1, 0.15) is 6.54 Å². The van der Waals surface area contributed by atoms with Crippen molar-refractivity contribution >= 4 is 23.6 Å². The fourth-order valence-corrected chi connectivity index (χ4v) is 1.26. The minimum Gasteiger partial charge on any atom is -0.368 e. The van der Waals surface area contributed by atoms with Crippen LogP contribution in [0.15, 0.2) is 5.16 Å². The molecule has 0 aliphatic rings. The van der Waals surface area contributed by atoms with E-state index in [9.17, 15) is 4.79 Å². The van der Waals surface area contributed by atoms with Gasteiger partial charge in [0.2, 0.25) is 11.9 Å². The van der Waals surface area contributed by atoms with Crippen LogP contribution in [0.3, 0.4) is 0 Å². The van der Waals surface area contributed by atoms with Crippen molar-refractivity contribution in [2.75, 3.05) is 12.0 Å². The SMILES string of the molecule is CSc1nnc(N)n1CC(N)=O. The van der Waals surface area contributed by atoms with E-state index in [0.29, 0.717) is 5.16 Å². The van der Waals surface area contributed by atoms with Crippen LogP contribution in [0.1, 0.15) is 0 Å². The molecule has 0 spiro atoms. The minimum absolute atomic E-state index is 0.0228. The number of hydrogen-bond acceptors (Lipinski definition) is 5. The Morgan fingerprint density at radius 1 is 1.67 bits per heavy atom. The second-order valence-electron chi connectivity index (χ2n) is 2.10. The number of amides is 1. The Labute approximate surface area is 73.3 Å². The van der Waals surface area contributed by atoms with E-state index >= 15 is 0 Å². The van der Waals surface area contributed by atoms with E-state index in [4.69, 9.17) is 11.5 Å². The van der Waals surface area contributed by atoms with E-state index in [2.05, 4.69) is 10.2 Å². The molecule has 1 aromatic heterocycles. The third-order valence-corrected chi connectivity index (χ3v) is 1.91. The van der Waals surface area contributed by atoms with Gasteiger partial charge in [0.15, 0.2) is 5.16 Å². The van der Waals surface area contributed by atoms with Gasteiger partial charge in [-0.2, -0.15) is 0 Å². The number of primary amides is 1. The molecule has 0 aliphatic heterocycles. The Balaban J connectivity index is 2.94. The molecule has 0 radical (unpaired) electrons. The highest BCUT2D eigenvalue weighted by atomic mass is 32.2. The zero-order valence-electron chi connectivity index (χ0n) is 6.52. The molecular weight excluding hydrogens is 178 g/mol. The smallest absolute Gasteiger partial charge is 0.237 e. The Kier molecular flexibility index (Phi) is 2.54. The number of carbonyl (C=O) groups is 1. The van der Waals surface area contributed by atoms with Gasteiger partial charge in [-0.05, 0) is 6.26 Å². The highest BCUT2D eigenvalue weighted by Crippen LogP contribution is 2.13. The number of aromatic nitrogens is 3. The second kappa shape index (κ2) is 3.44. The van der Waals surface area contributed by atoms with Gasteiger partial charge >= 0.3 is 0 Å². The molecule has 0 atom stereocenters. The van der Waals surface area contributed by atoms with E-state index in [1.807, 2.05) is 6.26 Å². The summed E-state index contributed by atoms with van der Waals surface area (Å²) in [5, 5.41) is 7.92. The standard InChI is InChI=1S/C5H9N5OS/c1-12-5-9-8-4(7)10(5)2-3(6)11/h2H2,1H3,(H2,6,11)(H2,7,8). The molecule has 0 fully saturated rings. The monoisotopic (exact) mass is 187 g/mol. The number of nitrogens with two attached hydrogens (primary N) is 2. The number of rotatable bonds is 3. The molecule has 0 saturated carbocycles. The summed E-state index contributed by atoms with van der Waals surface area (Å²) in [5.74, 6) is -0.255. The summed E-state index contributed by atoms with van der Waals surface area (Å²) in [5.41, 5.74) is 10.4. The first kappa shape index (κ1) is 8.85. The average molecular weight is 187 g/mol. The van der Waals surface area contributed by atoms with Gasteiger partial charge in [0.05, 0.1) is 0 Å². The van der Waals surface area contributed by atoms with Crippen LogP contribution in [0.5, 0.6) is 0 Å². The molecule has 6 nitrogen and oxygen atoms in total. The van der Waals surface area contributed by atoms with Gasteiger partial charge in [-0.15, -0.1) is 10.2 Å². The number of nitrogens with zero attached hydrogens (tertiary/aromatic N) is 3. The summed E-state index contributed by atoms with van der Waals surface area (Å²) in [4.78, 5) is 10.6. The maximum Gasteiger partial charge on any atom is 0.237 e. The highest BCUT2D eigenvalue weighted by molar-refractivity contribution is 7.98. The first-order valence-electron chi connectivity index (χ1n) is 3.16. The average Bonchev–Trinajstić information content (AvgIpc) is 2.32. The van der Waals surface area contributed by atoms with E-state index < -0.39 is 5.91 Å². The Hall–Kier alpha value is -1.24. The van der Waals surface area contributed by atoms with E-state index in [1.165, 1.54) is 16.3 Å². The molecule has 1 amide bonds. The zero-order valence-corrected chi connectivity index (χ0v) is 7.34. The lowest BCUT2D eigenvalue weighted by atomic mass is 10.6. The first-order chi connectivity index (χ1) is 5.65. The van der Waals surface area contributed by atoms with Crippen LogP contribution in [0.4, 0.5) is 5.95 Å². The summed E-state index contributed by atoms with van der Waals surface area (Å²) in [6.45, 7) is 0.0228. The van der Waals surface area contributed by atoms with Gasteiger partial charge in [0.25, 0.3) is 0 Å². The quantitative estimate of drug-likeness (QED) is 0.595. The van der Waals surface area contributed by atoms with Crippen molar-refractivity contribution < 1.29 is 4.79 Å². The van der Waals surface area contributed by atoms with Crippen LogP contribution in [0, 0.1) is 0 Å². The largest absolute Gasteiger partial charge is 0.368 e. The van der Waals surface area contributed by atoms with Crippen LogP contribution in [0.2, 0.25) is 0 Å². The lowest BCUT2D eigenvalue weighted by Gasteiger charge is -2.01. The summed E-state index contributed by atoms with van der Waals surface area (Å²) in [6.07, 6.45) is 1.82. The third kappa shape index (κ3) is 1.67. The van der Waals surface area contributed by atoms with Crippen molar-refractivity contribution in [3.8, 4) is 0 Å². The molecule has 0 saturated heterocycles. The van der Waals surface area contributed by atoms with Crippen LogP contribution in [-0.4, -0.2) is 26.9 Å². The van der Waals surface area contributed by atoms with Crippen LogP contribution < -0.4 is 11.5 Å². The topological polar surface area (TPSA) is 99.8 Å². The van der Waals surface area contributed by atoms with Gasteiger partial charge < -0.3 is 11.5 Å². The highest BCUT2D eigenvalue weighted by Gasteiger charge is 2.09.